The number of H-pyrrole nitrogens is 1. The molecule has 1 aromatic carbocycles. The van der Waals surface area contributed by atoms with Gasteiger partial charge in [-0.1, -0.05) is 5.21 Å². The Hall–Kier alpha value is -3.85. The Morgan fingerprint density at radius 2 is 1.90 bits per heavy atom. The highest BCUT2D eigenvalue weighted by Crippen LogP contribution is 2.18. The zero-order chi connectivity index (χ0) is 20.5. The molecule has 9 nitrogen and oxygen atoms in total. The number of carbonyl (C=O) groups is 1. The lowest BCUT2D eigenvalue weighted by Gasteiger charge is -2.26. The SMILES string of the molecule is O=C(c1ccc(-n2cc(-c3cc4ccncc4[nH]c3=O)nn2)cc1)N1CCOCC1. The number of nitrogens with one attached hydrogen (secondary N) is 1. The molecule has 1 aliphatic heterocycles. The second-order valence-electron chi connectivity index (χ2n) is 6.97. The Labute approximate surface area is 170 Å². The number of hydrogen-bond donors (Lipinski definition) is 1. The summed E-state index contributed by atoms with van der Waals surface area (Å²) in [6.07, 6.45) is 4.97. The first kappa shape index (κ1) is 18.2. The van der Waals surface area contributed by atoms with Gasteiger partial charge in [0.1, 0.15) is 5.69 Å². The second-order valence-corrected chi connectivity index (χ2v) is 6.97. The number of morpholine rings is 1. The fourth-order valence-electron chi connectivity index (χ4n) is 3.46. The summed E-state index contributed by atoms with van der Waals surface area (Å²) in [5.74, 6) is -0.0127. The minimum Gasteiger partial charge on any atom is -0.378 e. The van der Waals surface area contributed by atoms with Crippen molar-refractivity contribution in [2.24, 2.45) is 0 Å². The molecule has 150 valence electrons. The summed E-state index contributed by atoms with van der Waals surface area (Å²) in [6, 6.07) is 10.7. The van der Waals surface area contributed by atoms with Crippen molar-refractivity contribution in [3.8, 4) is 16.9 Å². The summed E-state index contributed by atoms with van der Waals surface area (Å²) >= 11 is 0. The molecule has 1 saturated heterocycles. The summed E-state index contributed by atoms with van der Waals surface area (Å²) in [5.41, 5.74) is 2.66. The average molecular weight is 402 g/mol. The Bertz CT molecular complexity index is 1270. The van der Waals surface area contributed by atoms with Gasteiger partial charge in [0.05, 0.1) is 42.4 Å². The van der Waals surface area contributed by atoms with E-state index in [1.807, 2.05) is 18.2 Å². The fraction of sp³-hybridized carbons (Fsp3) is 0.190. The summed E-state index contributed by atoms with van der Waals surface area (Å²) in [4.78, 5) is 33.6. The third-order valence-electron chi connectivity index (χ3n) is 5.09. The number of carbonyl (C=O) groups excluding carboxylic acids is 1. The summed E-state index contributed by atoms with van der Waals surface area (Å²) < 4.78 is 6.87. The standard InChI is InChI=1S/C21H18N6O3/c28-20-17(11-15-5-6-22-12-18(15)23-20)19-13-27(25-24-19)16-3-1-14(2-4-16)21(29)26-7-9-30-10-8-26/h1-6,11-13H,7-10H2,(H,23,28). The van der Waals surface area contributed by atoms with Crippen LogP contribution in [0.5, 0.6) is 0 Å². The van der Waals surface area contributed by atoms with Crippen molar-refractivity contribution in [1.29, 1.82) is 0 Å². The molecule has 0 unspecified atom stereocenters. The van der Waals surface area contributed by atoms with Gasteiger partial charge in [-0.05, 0) is 36.4 Å². The van der Waals surface area contributed by atoms with Crippen LogP contribution in [0.3, 0.4) is 0 Å². The molecule has 4 aromatic rings. The first-order valence-electron chi connectivity index (χ1n) is 9.56. The van der Waals surface area contributed by atoms with Gasteiger partial charge in [0, 0.05) is 30.2 Å². The van der Waals surface area contributed by atoms with Gasteiger partial charge in [-0.2, -0.15) is 0 Å². The predicted octanol–water partition coefficient (Wildman–Crippen LogP) is 1.64. The van der Waals surface area contributed by atoms with Crippen LogP contribution in [0.4, 0.5) is 0 Å². The first-order valence-corrected chi connectivity index (χ1v) is 9.56. The van der Waals surface area contributed by atoms with Gasteiger partial charge in [0.15, 0.2) is 0 Å². The average Bonchev–Trinajstić information content (AvgIpc) is 3.29. The largest absolute Gasteiger partial charge is 0.378 e. The zero-order valence-electron chi connectivity index (χ0n) is 16.0. The molecule has 3 aromatic heterocycles. The van der Waals surface area contributed by atoms with Crippen molar-refractivity contribution in [3.63, 3.8) is 0 Å². The van der Waals surface area contributed by atoms with Gasteiger partial charge in [-0.25, -0.2) is 4.68 Å². The number of ether oxygens (including phenoxy) is 1. The molecule has 5 rings (SSSR count). The number of rotatable bonds is 3. The smallest absolute Gasteiger partial charge is 0.258 e. The van der Waals surface area contributed by atoms with Crippen LogP contribution in [-0.2, 0) is 4.74 Å². The van der Waals surface area contributed by atoms with Gasteiger partial charge >= 0.3 is 0 Å². The lowest BCUT2D eigenvalue weighted by molar-refractivity contribution is 0.0303. The van der Waals surface area contributed by atoms with Crippen molar-refractivity contribution in [3.05, 3.63) is 70.9 Å². The van der Waals surface area contributed by atoms with Crippen LogP contribution in [0.2, 0.25) is 0 Å². The van der Waals surface area contributed by atoms with Crippen LogP contribution in [0.25, 0.3) is 27.8 Å². The maximum Gasteiger partial charge on any atom is 0.258 e. The van der Waals surface area contributed by atoms with Crippen LogP contribution in [0.1, 0.15) is 10.4 Å². The van der Waals surface area contributed by atoms with Crippen LogP contribution in [-0.4, -0.2) is 62.1 Å². The summed E-state index contributed by atoms with van der Waals surface area (Å²) in [7, 11) is 0. The molecule has 4 heterocycles. The number of fused-ring (bicyclic) bond motifs is 1. The van der Waals surface area contributed by atoms with Crippen molar-refractivity contribution >= 4 is 16.8 Å². The van der Waals surface area contributed by atoms with Gasteiger partial charge in [-0.15, -0.1) is 5.10 Å². The molecule has 0 atom stereocenters. The van der Waals surface area contributed by atoms with Gasteiger partial charge in [0.25, 0.3) is 11.5 Å². The minimum absolute atomic E-state index is 0.0127. The fourth-order valence-corrected chi connectivity index (χ4v) is 3.46. The summed E-state index contributed by atoms with van der Waals surface area (Å²) in [5, 5.41) is 9.15. The Morgan fingerprint density at radius 1 is 1.10 bits per heavy atom. The van der Waals surface area contributed by atoms with Crippen LogP contribution < -0.4 is 5.56 Å². The molecule has 0 spiro atoms. The third-order valence-corrected chi connectivity index (χ3v) is 5.09. The molecule has 0 bridgehead atoms. The molecule has 0 saturated carbocycles. The highest BCUT2D eigenvalue weighted by molar-refractivity contribution is 5.94. The quantitative estimate of drug-likeness (QED) is 0.558. The lowest BCUT2D eigenvalue weighted by Crippen LogP contribution is -2.40. The van der Waals surface area contributed by atoms with E-state index in [0.29, 0.717) is 48.6 Å². The molecule has 1 fully saturated rings. The number of aromatic amines is 1. The number of nitrogens with zero attached hydrogens (tertiary/aromatic N) is 5. The molecule has 30 heavy (non-hydrogen) atoms. The molecular weight excluding hydrogens is 384 g/mol. The first-order chi connectivity index (χ1) is 14.7. The maximum absolute atomic E-state index is 12.6. The van der Waals surface area contributed by atoms with Gasteiger partial charge in [-0.3, -0.25) is 14.6 Å². The third kappa shape index (κ3) is 3.35. The van der Waals surface area contributed by atoms with Gasteiger partial charge in [0.2, 0.25) is 0 Å². The molecule has 1 amide bonds. The van der Waals surface area contributed by atoms with Crippen LogP contribution in [0, 0.1) is 0 Å². The van der Waals surface area contributed by atoms with E-state index in [1.165, 1.54) is 0 Å². The van der Waals surface area contributed by atoms with Crippen molar-refractivity contribution in [2.75, 3.05) is 26.3 Å². The van der Waals surface area contributed by atoms with Gasteiger partial charge < -0.3 is 14.6 Å². The van der Waals surface area contributed by atoms with E-state index in [0.717, 1.165) is 11.1 Å². The monoisotopic (exact) mass is 402 g/mol. The van der Waals surface area contributed by atoms with Crippen molar-refractivity contribution < 1.29 is 9.53 Å². The molecular formula is C21H18N6O3. The maximum atomic E-state index is 12.6. The Morgan fingerprint density at radius 3 is 2.70 bits per heavy atom. The predicted molar refractivity (Wildman–Crippen MR) is 109 cm³/mol. The number of benzene rings is 1. The van der Waals surface area contributed by atoms with E-state index in [2.05, 4.69) is 20.3 Å². The van der Waals surface area contributed by atoms with E-state index in [-0.39, 0.29) is 11.5 Å². The Balaban J connectivity index is 1.41. The number of pyridine rings is 2. The van der Waals surface area contributed by atoms with E-state index in [1.54, 1.807) is 46.4 Å². The zero-order valence-corrected chi connectivity index (χ0v) is 16.0. The normalized spacial score (nSPS) is 14.2. The molecule has 0 aliphatic carbocycles. The van der Waals surface area contributed by atoms with E-state index < -0.39 is 0 Å². The van der Waals surface area contributed by atoms with E-state index in [4.69, 9.17) is 4.74 Å². The topological polar surface area (TPSA) is 106 Å². The number of amides is 1. The van der Waals surface area contributed by atoms with Crippen LogP contribution >= 0.6 is 0 Å². The van der Waals surface area contributed by atoms with E-state index in [9.17, 15) is 9.59 Å². The number of aromatic nitrogens is 5. The number of hydrogen-bond acceptors (Lipinski definition) is 6. The Kier molecular flexibility index (Phi) is 4.56. The second kappa shape index (κ2) is 7.53. The van der Waals surface area contributed by atoms with Crippen LogP contribution in [0.15, 0.2) is 59.8 Å². The molecule has 9 heteroatoms. The van der Waals surface area contributed by atoms with Crippen molar-refractivity contribution in [1.82, 2.24) is 29.9 Å². The van der Waals surface area contributed by atoms with E-state index >= 15 is 0 Å². The van der Waals surface area contributed by atoms with Crippen molar-refractivity contribution in [2.45, 2.75) is 0 Å². The summed E-state index contributed by atoms with van der Waals surface area (Å²) in [6.45, 7) is 2.33. The lowest BCUT2D eigenvalue weighted by atomic mass is 10.1. The molecule has 1 N–H and O–H groups in total. The highest BCUT2D eigenvalue weighted by Gasteiger charge is 2.18. The highest BCUT2D eigenvalue weighted by atomic mass is 16.5. The molecule has 1 aliphatic rings. The minimum atomic E-state index is -0.256. The molecule has 0 radical (unpaired) electrons.